The summed E-state index contributed by atoms with van der Waals surface area (Å²) in [5, 5.41) is 4.82. The molecule has 2 aliphatic heterocycles. The minimum atomic E-state index is -2.02. The topological polar surface area (TPSA) is 133 Å². The van der Waals surface area contributed by atoms with Gasteiger partial charge in [-0.3, -0.25) is 0 Å². The highest BCUT2D eigenvalue weighted by atomic mass is 28.4. The molecule has 0 amide bonds. The van der Waals surface area contributed by atoms with Crippen molar-refractivity contribution in [2.24, 2.45) is 0 Å². The van der Waals surface area contributed by atoms with Gasteiger partial charge >= 0.3 is 5.97 Å². The molecule has 11 nitrogen and oxygen atoms in total. The van der Waals surface area contributed by atoms with Gasteiger partial charge in [-0.25, -0.2) is 19.4 Å². The van der Waals surface area contributed by atoms with Crippen molar-refractivity contribution in [3.8, 4) is 0 Å². The zero-order valence-electron chi connectivity index (χ0n) is 20.4. The van der Waals surface area contributed by atoms with Crippen LogP contribution in [0, 0.1) is 0 Å². The Kier molecular flexibility index (Phi) is 5.81. The fraction of sp³-hybridized carbons (Fsp3) is 0.714. The highest BCUT2D eigenvalue weighted by Gasteiger charge is 2.57. The molecule has 0 saturated carbocycles. The molecule has 2 saturated heterocycles. The molecule has 0 radical (unpaired) electrons. The lowest BCUT2D eigenvalue weighted by Crippen LogP contribution is -2.44. The van der Waals surface area contributed by atoms with Gasteiger partial charge in [0.1, 0.15) is 30.5 Å². The first-order valence-corrected chi connectivity index (χ1v) is 13.9. The fourth-order valence-corrected chi connectivity index (χ4v) is 4.92. The summed E-state index contributed by atoms with van der Waals surface area (Å²) < 4.78 is 31.6. The maximum Gasteiger partial charge on any atom is 0.359 e. The predicted octanol–water partition coefficient (Wildman–Crippen LogP) is 2.63. The number of esters is 1. The van der Waals surface area contributed by atoms with Crippen LogP contribution < -0.4 is 5.73 Å². The summed E-state index contributed by atoms with van der Waals surface area (Å²) in [6, 6.07) is 0. The van der Waals surface area contributed by atoms with Crippen molar-refractivity contribution in [3.05, 3.63) is 12.0 Å². The first-order valence-electron chi connectivity index (χ1n) is 11.0. The molecule has 0 spiro atoms. The number of nitrogens with zero attached hydrogens (tertiary/aromatic N) is 4. The lowest BCUT2D eigenvalue weighted by Gasteiger charge is -2.37. The molecule has 4 heterocycles. The molecule has 182 valence electrons. The van der Waals surface area contributed by atoms with E-state index < -0.39 is 38.5 Å². The predicted molar refractivity (Wildman–Crippen MR) is 122 cm³/mol. The molecule has 4 atom stereocenters. The summed E-state index contributed by atoms with van der Waals surface area (Å²) in [6.07, 6.45) is -0.652. The van der Waals surface area contributed by atoms with Crippen LogP contribution in [0.1, 0.15) is 51.3 Å². The first kappa shape index (κ1) is 24.0. The fourth-order valence-electron chi connectivity index (χ4n) is 3.91. The summed E-state index contributed by atoms with van der Waals surface area (Å²) in [4.78, 5) is 20.7. The molecule has 0 aromatic carbocycles. The van der Waals surface area contributed by atoms with Crippen LogP contribution in [0.5, 0.6) is 0 Å². The Morgan fingerprint density at radius 2 is 1.91 bits per heavy atom. The van der Waals surface area contributed by atoms with E-state index in [0.717, 1.165) is 0 Å². The van der Waals surface area contributed by atoms with Gasteiger partial charge in [-0.05, 0) is 32.0 Å². The van der Waals surface area contributed by atoms with E-state index in [1.54, 1.807) is 0 Å². The van der Waals surface area contributed by atoms with Crippen LogP contribution in [0.3, 0.4) is 0 Å². The molecule has 2 N–H and O–H groups in total. The minimum absolute atomic E-state index is 0.0184. The van der Waals surface area contributed by atoms with Gasteiger partial charge in [0.2, 0.25) is 0 Å². The van der Waals surface area contributed by atoms with Crippen molar-refractivity contribution in [1.29, 1.82) is 0 Å². The molecule has 2 aliphatic rings. The number of anilines is 1. The monoisotopic (exact) mass is 479 g/mol. The number of hydrogen-bond donors (Lipinski definition) is 1. The third-order valence-corrected chi connectivity index (χ3v) is 11.2. The number of aromatic nitrogens is 4. The van der Waals surface area contributed by atoms with Crippen molar-refractivity contribution >= 4 is 31.1 Å². The maximum atomic E-state index is 12.4. The van der Waals surface area contributed by atoms with E-state index in [1.165, 1.54) is 18.1 Å². The zero-order valence-corrected chi connectivity index (χ0v) is 21.4. The Morgan fingerprint density at radius 1 is 1.24 bits per heavy atom. The van der Waals surface area contributed by atoms with E-state index in [2.05, 4.69) is 48.9 Å². The lowest BCUT2D eigenvalue weighted by molar-refractivity contribution is -0.200. The number of rotatable bonds is 5. The van der Waals surface area contributed by atoms with Gasteiger partial charge < -0.3 is 29.1 Å². The third-order valence-electron chi connectivity index (χ3n) is 6.68. The van der Waals surface area contributed by atoms with E-state index in [4.69, 9.17) is 29.1 Å². The second kappa shape index (κ2) is 7.98. The van der Waals surface area contributed by atoms with Gasteiger partial charge in [0.05, 0.1) is 19.1 Å². The Labute approximate surface area is 194 Å². The van der Waals surface area contributed by atoms with Crippen LogP contribution in [0.25, 0.3) is 11.0 Å². The van der Waals surface area contributed by atoms with Crippen LogP contribution in [0.2, 0.25) is 18.1 Å². The van der Waals surface area contributed by atoms with Crippen molar-refractivity contribution in [2.75, 3.05) is 19.5 Å². The number of carbonyl (C=O) groups excluding carboxylic acids is 1. The molecule has 33 heavy (non-hydrogen) atoms. The van der Waals surface area contributed by atoms with Gasteiger partial charge in [-0.1, -0.05) is 20.8 Å². The molecule has 0 unspecified atom stereocenters. The molecule has 2 aromatic rings. The molecule has 2 fully saturated rings. The molecule has 0 aliphatic carbocycles. The van der Waals surface area contributed by atoms with Gasteiger partial charge in [0.25, 0.3) is 0 Å². The number of nitrogens with two attached hydrogens (primary N) is 1. The quantitative estimate of drug-likeness (QED) is 0.504. The molecular formula is C21H33N5O6Si. The highest BCUT2D eigenvalue weighted by Crippen LogP contribution is 2.45. The Hall–Kier alpha value is -2.12. The van der Waals surface area contributed by atoms with E-state index in [1.807, 2.05) is 13.8 Å². The summed E-state index contributed by atoms with van der Waals surface area (Å²) >= 11 is 0. The number of fused-ring (bicyclic) bond motifs is 2. The Bertz CT molecular complexity index is 1070. The van der Waals surface area contributed by atoms with E-state index >= 15 is 0 Å². The van der Waals surface area contributed by atoms with E-state index in [0.29, 0.717) is 17.6 Å². The largest absolute Gasteiger partial charge is 0.464 e. The van der Waals surface area contributed by atoms with Gasteiger partial charge in [0.15, 0.2) is 31.7 Å². The van der Waals surface area contributed by atoms with Gasteiger partial charge in [-0.2, -0.15) is 5.10 Å². The lowest BCUT2D eigenvalue weighted by atomic mass is 10.1. The van der Waals surface area contributed by atoms with Crippen molar-refractivity contribution in [1.82, 2.24) is 19.7 Å². The average Bonchev–Trinajstić information content (AvgIpc) is 3.34. The van der Waals surface area contributed by atoms with Crippen LogP contribution in [-0.2, 0) is 23.4 Å². The molecule has 12 heteroatoms. The van der Waals surface area contributed by atoms with Crippen LogP contribution in [-0.4, -0.2) is 71.9 Å². The van der Waals surface area contributed by atoms with E-state index in [-0.39, 0.29) is 22.7 Å². The summed E-state index contributed by atoms with van der Waals surface area (Å²) in [7, 11) is -0.740. The zero-order chi connectivity index (χ0) is 24.3. The molecule has 0 bridgehead atoms. The van der Waals surface area contributed by atoms with Crippen LogP contribution >= 0.6 is 0 Å². The second-order valence-electron chi connectivity index (χ2n) is 10.4. The van der Waals surface area contributed by atoms with Gasteiger partial charge in [0, 0.05) is 0 Å². The minimum Gasteiger partial charge on any atom is -0.464 e. The van der Waals surface area contributed by atoms with E-state index in [9.17, 15) is 4.79 Å². The molecular weight excluding hydrogens is 446 g/mol. The number of nitrogen functional groups attached to an aromatic ring is 1. The van der Waals surface area contributed by atoms with Crippen molar-refractivity contribution in [2.45, 2.75) is 83.1 Å². The van der Waals surface area contributed by atoms with Crippen molar-refractivity contribution in [3.63, 3.8) is 0 Å². The smallest absolute Gasteiger partial charge is 0.359 e. The molecule has 2 aromatic heterocycles. The Balaban J connectivity index is 1.71. The average molecular weight is 480 g/mol. The normalized spacial score (nSPS) is 27.2. The SMILES string of the molecule is COC(=O)c1nn([C@@H]2O[C@H](CO[Si](C)(C)C(C)(C)C)[C@H]3OC(C)(C)O[C@H]32)c2ncnc(N)c12. The van der Waals surface area contributed by atoms with Gasteiger partial charge in [-0.15, -0.1) is 0 Å². The number of hydrogen-bond acceptors (Lipinski definition) is 10. The standard InChI is InChI=1S/C21H33N5O6Si/c1-20(2,3)33(7,8)29-9-11-14-15(32-21(4,5)31-14)18(30-11)26-17-12(16(22)23-10-24-17)13(25-26)19(27)28-6/h10-11,14-15,18H,9H2,1-8H3,(H2,22,23,24)/t11-,14-,15-,18-/m1/s1. The third kappa shape index (κ3) is 4.14. The summed E-state index contributed by atoms with van der Waals surface area (Å²) in [5.41, 5.74) is 6.42. The van der Waals surface area contributed by atoms with Crippen molar-refractivity contribution < 1.29 is 28.2 Å². The highest BCUT2D eigenvalue weighted by molar-refractivity contribution is 6.74. The summed E-state index contributed by atoms with van der Waals surface area (Å²) in [6.45, 7) is 15.0. The first-order chi connectivity index (χ1) is 15.3. The number of ether oxygens (including phenoxy) is 4. The maximum absolute atomic E-state index is 12.4. The Morgan fingerprint density at radius 3 is 2.55 bits per heavy atom. The summed E-state index contributed by atoms with van der Waals surface area (Å²) in [5.74, 6) is -1.33. The number of methoxy groups -OCH3 is 1. The van der Waals surface area contributed by atoms with Crippen LogP contribution in [0.4, 0.5) is 5.82 Å². The second-order valence-corrected chi connectivity index (χ2v) is 15.3. The van der Waals surface area contributed by atoms with Crippen LogP contribution in [0.15, 0.2) is 6.33 Å². The molecule has 4 rings (SSSR count). The number of carbonyl (C=O) groups is 1.